The van der Waals surface area contributed by atoms with Gasteiger partial charge in [-0.1, -0.05) is 23.2 Å². The van der Waals surface area contributed by atoms with Crippen molar-refractivity contribution in [3.63, 3.8) is 0 Å². The number of aryl methyl sites for hydroxylation is 1. The molecule has 2 heterocycles. The van der Waals surface area contributed by atoms with E-state index in [4.69, 9.17) is 23.2 Å². The van der Waals surface area contributed by atoms with E-state index in [1.165, 1.54) is 6.08 Å². The molecule has 114 valence electrons. The minimum absolute atomic E-state index is 0.216. The molecule has 0 radical (unpaired) electrons. The van der Waals surface area contributed by atoms with Gasteiger partial charge in [0.1, 0.15) is 5.82 Å². The molecule has 1 N–H and O–H groups in total. The number of carbonyl (C=O) groups excluding carboxylic acids is 1. The molecule has 0 saturated heterocycles. The summed E-state index contributed by atoms with van der Waals surface area (Å²) >= 11 is 11.9. The fourth-order valence-electron chi connectivity index (χ4n) is 2.37. The summed E-state index contributed by atoms with van der Waals surface area (Å²) in [5.41, 5.74) is 0.702. The quantitative estimate of drug-likeness (QED) is 0.873. The fourth-order valence-corrected chi connectivity index (χ4v) is 2.74. The van der Waals surface area contributed by atoms with Crippen molar-refractivity contribution in [1.82, 2.24) is 20.1 Å². The van der Waals surface area contributed by atoms with Gasteiger partial charge in [-0.25, -0.2) is 0 Å². The summed E-state index contributed by atoms with van der Waals surface area (Å²) in [5.74, 6) is 1.56. The zero-order chi connectivity index (χ0) is 15.5. The second-order valence-electron chi connectivity index (χ2n) is 5.00. The zero-order valence-electron chi connectivity index (χ0n) is 11.7. The number of hydrogen-bond acceptors (Lipinski definition) is 3. The number of fused-ring (bicyclic) bond motifs is 1. The van der Waals surface area contributed by atoms with E-state index in [0.717, 1.165) is 31.0 Å². The van der Waals surface area contributed by atoms with E-state index in [1.807, 2.05) is 0 Å². The van der Waals surface area contributed by atoms with E-state index in [2.05, 4.69) is 20.1 Å². The molecule has 3 rings (SSSR count). The Balaban J connectivity index is 1.60. The minimum atomic E-state index is -0.216. The summed E-state index contributed by atoms with van der Waals surface area (Å²) in [4.78, 5) is 11.9. The van der Waals surface area contributed by atoms with Gasteiger partial charge < -0.3 is 9.88 Å². The zero-order valence-corrected chi connectivity index (χ0v) is 13.2. The lowest BCUT2D eigenvalue weighted by Gasteiger charge is -2.03. The smallest absolute Gasteiger partial charge is 0.244 e. The number of hydrogen-bond donors (Lipinski definition) is 1. The van der Waals surface area contributed by atoms with Crippen LogP contribution in [0.1, 0.15) is 23.6 Å². The molecule has 1 aliphatic rings. The van der Waals surface area contributed by atoms with Crippen molar-refractivity contribution in [3.05, 3.63) is 51.5 Å². The maximum absolute atomic E-state index is 11.9. The van der Waals surface area contributed by atoms with E-state index in [-0.39, 0.29) is 5.91 Å². The number of aromatic nitrogens is 3. The van der Waals surface area contributed by atoms with E-state index in [0.29, 0.717) is 22.2 Å². The Morgan fingerprint density at radius 2 is 2.23 bits per heavy atom. The molecule has 0 atom stereocenters. The van der Waals surface area contributed by atoms with Crippen LogP contribution >= 0.6 is 23.2 Å². The van der Waals surface area contributed by atoms with Gasteiger partial charge >= 0.3 is 0 Å². The predicted molar refractivity (Wildman–Crippen MR) is 85.7 cm³/mol. The molecular weight excluding hydrogens is 323 g/mol. The van der Waals surface area contributed by atoms with Crippen LogP contribution in [0.4, 0.5) is 0 Å². The minimum Gasteiger partial charge on any atom is -0.345 e. The third kappa shape index (κ3) is 3.31. The van der Waals surface area contributed by atoms with E-state index >= 15 is 0 Å². The normalized spacial score (nSPS) is 13.5. The molecule has 0 spiro atoms. The first-order valence-electron chi connectivity index (χ1n) is 6.95. The van der Waals surface area contributed by atoms with Crippen molar-refractivity contribution in [1.29, 1.82) is 0 Å². The van der Waals surface area contributed by atoms with Gasteiger partial charge in [-0.2, -0.15) is 0 Å². The molecule has 1 aliphatic heterocycles. The van der Waals surface area contributed by atoms with Gasteiger partial charge in [0.15, 0.2) is 5.82 Å². The van der Waals surface area contributed by atoms with Crippen LogP contribution in [-0.2, 0) is 24.3 Å². The van der Waals surface area contributed by atoms with E-state index in [1.54, 1.807) is 24.3 Å². The monoisotopic (exact) mass is 336 g/mol. The lowest BCUT2D eigenvalue weighted by Crippen LogP contribution is -2.22. The summed E-state index contributed by atoms with van der Waals surface area (Å²) in [6.45, 7) is 1.28. The number of carbonyl (C=O) groups is 1. The van der Waals surface area contributed by atoms with Crippen molar-refractivity contribution in [2.45, 2.75) is 25.9 Å². The largest absolute Gasteiger partial charge is 0.345 e. The van der Waals surface area contributed by atoms with Gasteiger partial charge in [0.05, 0.1) is 6.54 Å². The Kier molecular flexibility index (Phi) is 4.45. The molecule has 7 heteroatoms. The van der Waals surface area contributed by atoms with Crippen molar-refractivity contribution >= 4 is 35.2 Å². The molecule has 0 saturated carbocycles. The molecule has 22 heavy (non-hydrogen) atoms. The van der Waals surface area contributed by atoms with Gasteiger partial charge in [-0.15, -0.1) is 10.2 Å². The number of halogens is 2. The second-order valence-corrected chi connectivity index (χ2v) is 5.85. The van der Waals surface area contributed by atoms with Crippen LogP contribution in [-0.4, -0.2) is 20.7 Å². The van der Waals surface area contributed by atoms with E-state index in [9.17, 15) is 4.79 Å². The van der Waals surface area contributed by atoms with Crippen LogP contribution in [0.5, 0.6) is 0 Å². The molecule has 2 aromatic rings. The van der Waals surface area contributed by atoms with Crippen molar-refractivity contribution in [2.75, 3.05) is 0 Å². The van der Waals surface area contributed by atoms with Crippen LogP contribution in [0.2, 0.25) is 10.0 Å². The van der Waals surface area contributed by atoms with E-state index < -0.39 is 0 Å². The molecule has 1 aromatic heterocycles. The van der Waals surface area contributed by atoms with Gasteiger partial charge in [-0.05, 0) is 36.3 Å². The topological polar surface area (TPSA) is 59.8 Å². The van der Waals surface area contributed by atoms with Crippen LogP contribution in [0, 0.1) is 0 Å². The lowest BCUT2D eigenvalue weighted by atomic mass is 10.2. The van der Waals surface area contributed by atoms with Crippen LogP contribution in [0.3, 0.4) is 0 Å². The highest BCUT2D eigenvalue weighted by atomic mass is 35.5. The van der Waals surface area contributed by atoms with Gasteiger partial charge in [0, 0.05) is 29.1 Å². The number of nitrogens with one attached hydrogen (secondary N) is 1. The highest BCUT2D eigenvalue weighted by molar-refractivity contribution is 6.34. The average Bonchev–Trinajstić information content (AvgIpc) is 3.09. The number of benzene rings is 1. The first-order chi connectivity index (χ1) is 10.6. The highest BCUT2D eigenvalue weighted by Gasteiger charge is 2.16. The molecule has 5 nitrogen and oxygen atoms in total. The molecular formula is C15H14Cl2N4O. The standard InChI is InChI=1S/C15H14Cl2N4O/c16-11-4-5-12(17)10(8-11)3-6-15(22)18-9-14-20-19-13-2-1-7-21(13)14/h3-6,8H,1-2,7,9H2,(H,18,22)/b6-3+. The van der Waals surface area contributed by atoms with Crippen molar-refractivity contribution in [3.8, 4) is 0 Å². The second kappa shape index (κ2) is 6.50. The summed E-state index contributed by atoms with van der Waals surface area (Å²) in [6.07, 6.45) is 5.10. The highest BCUT2D eigenvalue weighted by Crippen LogP contribution is 2.21. The summed E-state index contributed by atoms with van der Waals surface area (Å²) in [7, 11) is 0. The van der Waals surface area contributed by atoms with Crippen molar-refractivity contribution in [2.24, 2.45) is 0 Å². The predicted octanol–water partition coefficient (Wildman–Crippen LogP) is 2.86. The first kappa shape index (κ1) is 15.1. The Morgan fingerprint density at radius 1 is 1.36 bits per heavy atom. The molecule has 1 aromatic carbocycles. The SMILES string of the molecule is O=C(/C=C/c1cc(Cl)ccc1Cl)NCc1nnc2n1CCC2. The lowest BCUT2D eigenvalue weighted by molar-refractivity contribution is -0.116. The molecule has 0 fully saturated rings. The van der Waals surface area contributed by atoms with Gasteiger partial charge in [0.2, 0.25) is 5.91 Å². The number of rotatable bonds is 4. The van der Waals surface area contributed by atoms with Gasteiger partial charge in [-0.3, -0.25) is 4.79 Å². The maximum Gasteiger partial charge on any atom is 0.244 e. The molecule has 0 unspecified atom stereocenters. The van der Waals surface area contributed by atoms with Gasteiger partial charge in [0.25, 0.3) is 0 Å². The van der Waals surface area contributed by atoms with Crippen LogP contribution in [0.25, 0.3) is 6.08 Å². The summed E-state index contributed by atoms with van der Waals surface area (Å²) in [6, 6.07) is 5.10. The summed E-state index contributed by atoms with van der Waals surface area (Å²) < 4.78 is 2.05. The maximum atomic E-state index is 11.9. The number of nitrogens with zero attached hydrogens (tertiary/aromatic N) is 3. The first-order valence-corrected chi connectivity index (χ1v) is 7.71. The Morgan fingerprint density at radius 3 is 3.09 bits per heavy atom. The Labute approximate surface area is 137 Å². The summed E-state index contributed by atoms with van der Waals surface area (Å²) in [5, 5.41) is 12.1. The van der Waals surface area contributed by atoms with Crippen LogP contribution < -0.4 is 5.32 Å². The Bertz CT molecular complexity index is 739. The van der Waals surface area contributed by atoms with Crippen LogP contribution in [0.15, 0.2) is 24.3 Å². The van der Waals surface area contributed by atoms with Crippen molar-refractivity contribution < 1.29 is 4.79 Å². The molecule has 1 amide bonds. The third-order valence-electron chi connectivity index (χ3n) is 3.48. The number of amides is 1. The third-order valence-corrected chi connectivity index (χ3v) is 4.06. The Hall–Kier alpha value is -1.85. The average molecular weight is 337 g/mol. The molecule has 0 aliphatic carbocycles. The fraction of sp³-hybridized carbons (Fsp3) is 0.267. The molecule has 0 bridgehead atoms.